The van der Waals surface area contributed by atoms with Crippen molar-refractivity contribution in [3.8, 4) is 5.69 Å². The van der Waals surface area contributed by atoms with Gasteiger partial charge in [0.1, 0.15) is 0 Å². The third-order valence-electron chi connectivity index (χ3n) is 4.96. The van der Waals surface area contributed by atoms with Crippen molar-refractivity contribution in [3.05, 3.63) is 88.9 Å². The Hall–Kier alpha value is -4.41. The monoisotopic (exact) mass is 438 g/mol. The van der Waals surface area contributed by atoms with E-state index in [2.05, 4.69) is 20.5 Å². The third-order valence-corrected chi connectivity index (χ3v) is 4.96. The van der Waals surface area contributed by atoms with E-state index in [0.717, 1.165) is 11.7 Å². The van der Waals surface area contributed by atoms with E-state index in [0.29, 0.717) is 4.68 Å². The number of benzene rings is 1. The van der Waals surface area contributed by atoms with Gasteiger partial charge in [-0.1, -0.05) is 6.07 Å². The normalized spacial score (nSPS) is 11.8. The van der Waals surface area contributed by atoms with Crippen molar-refractivity contribution in [2.24, 2.45) is 0 Å². The minimum atomic E-state index is -4.89. The minimum absolute atomic E-state index is 0.0259. The second-order valence-corrected chi connectivity index (χ2v) is 6.93. The van der Waals surface area contributed by atoms with Crippen LogP contribution in [-0.4, -0.2) is 30.3 Å². The molecule has 8 nitrogen and oxygen atoms in total. The largest absolute Gasteiger partial charge is 0.434 e. The summed E-state index contributed by atoms with van der Waals surface area (Å²) in [4.78, 5) is 27.3. The Morgan fingerprint density at radius 2 is 1.88 bits per heavy atom. The summed E-state index contributed by atoms with van der Waals surface area (Å²) in [5.41, 5.74) is -1.29. The lowest BCUT2D eigenvalue weighted by Crippen LogP contribution is -2.21. The lowest BCUT2D eigenvalue weighted by Gasteiger charge is -2.14. The zero-order valence-electron chi connectivity index (χ0n) is 16.1. The number of aromatic amines is 1. The topological polar surface area (TPSA) is 97.1 Å². The van der Waals surface area contributed by atoms with Gasteiger partial charge in [-0.2, -0.15) is 23.4 Å². The first-order valence-electron chi connectivity index (χ1n) is 9.34. The van der Waals surface area contributed by atoms with E-state index in [1.807, 2.05) is 0 Å². The second-order valence-electron chi connectivity index (χ2n) is 6.93. The smallest absolute Gasteiger partial charge is 0.329 e. The van der Waals surface area contributed by atoms with Crippen LogP contribution in [0.4, 0.5) is 18.9 Å². The maximum Gasteiger partial charge on any atom is 0.434 e. The van der Waals surface area contributed by atoms with Crippen LogP contribution in [0.15, 0.2) is 72.0 Å². The zero-order valence-corrected chi connectivity index (χ0v) is 16.1. The number of anilines is 1. The molecule has 0 atom stereocenters. The first-order chi connectivity index (χ1) is 15.3. The number of amides is 1. The predicted molar refractivity (Wildman–Crippen MR) is 110 cm³/mol. The van der Waals surface area contributed by atoms with Crippen LogP contribution in [0.3, 0.4) is 0 Å². The number of aromatic nitrogens is 5. The summed E-state index contributed by atoms with van der Waals surface area (Å²) >= 11 is 0. The van der Waals surface area contributed by atoms with Crippen LogP contribution in [0.2, 0.25) is 0 Å². The Balaban J connectivity index is 1.61. The van der Waals surface area contributed by atoms with Crippen molar-refractivity contribution in [2.75, 3.05) is 5.32 Å². The number of alkyl halides is 3. The summed E-state index contributed by atoms with van der Waals surface area (Å²) in [6.45, 7) is 0. The van der Waals surface area contributed by atoms with Gasteiger partial charge in [-0.3, -0.25) is 9.59 Å². The van der Waals surface area contributed by atoms with Crippen molar-refractivity contribution >= 4 is 27.9 Å². The molecule has 0 spiro atoms. The Morgan fingerprint density at radius 3 is 2.69 bits per heavy atom. The summed E-state index contributed by atoms with van der Waals surface area (Å²) < 4.78 is 44.3. The molecule has 0 radical (unpaired) electrons. The van der Waals surface area contributed by atoms with Crippen LogP contribution in [-0.2, 0) is 6.18 Å². The van der Waals surface area contributed by atoms with E-state index in [4.69, 9.17) is 0 Å². The molecule has 1 aromatic carbocycles. The van der Waals surface area contributed by atoms with Crippen molar-refractivity contribution in [2.45, 2.75) is 6.18 Å². The van der Waals surface area contributed by atoms with E-state index >= 15 is 0 Å². The molecular formula is C21H13F3N6O2. The fourth-order valence-electron chi connectivity index (χ4n) is 3.55. The van der Waals surface area contributed by atoms with Gasteiger partial charge in [0.2, 0.25) is 0 Å². The van der Waals surface area contributed by atoms with Gasteiger partial charge in [0, 0.05) is 23.2 Å². The Morgan fingerprint density at radius 1 is 1.03 bits per heavy atom. The van der Waals surface area contributed by atoms with Crippen LogP contribution in [0, 0.1) is 0 Å². The Bertz CT molecular complexity index is 1550. The number of carbonyl (C=O) groups is 1. The Kier molecular flexibility index (Phi) is 4.33. The van der Waals surface area contributed by atoms with Gasteiger partial charge in [-0.25, -0.2) is 9.20 Å². The van der Waals surface area contributed by atoms with Gasteiger partial charge in [-0.15, -0.1) is 0 Å². The SMILES string of the molecule is O=C(Nc1ccc2ccnn2c1)c1cnn(-c2cccc3c(=O)[nH]ccc23)c1C(F)(F)F. The van der Waals surface area contributed by atoms with Crippen LogP contribution >= 0.6 is 0 Å². The molecule has 1 amide bonds. The second kappa shape index (κ2) is 7.08. The third kappa shape index (κ3) is 3.20. The van der Waals surface area contributed by atoms with E-state index in [-0.39, 0.29) is 22.1 Å². The van der Waals surface area contributed by atoms with Gasteiger partial charge in [-0.05, 0) is 36.4 Å². The number of H-pyrrole nitrogens is 1. The number of carbonyl (C=O) groups excluding carboxylic acids is 1. The molecule has 5 aromatic rings. The number of fused-ring (bicyclic) bond motifs is 2. The standard InChI is InChI=1S/C21H13F3N6O2/c22-21(23,24)18-16(20(32)28-12-4-5-13-6-9-26-29(13)11-12)10-27-30(18)17-3-1-2-15-14(17)7-8-25-19(15)31/h1-11H,(H,25,31)(H,28,32). The first-order valence-corrected chi connectivity index (χ1v) is 9.34. The molecule has 2 N–H and O–H groups in total. The average Bonchev–Trinajstić information content (AvgIpc) is 3.40. The highest BCUT2D eigenvalue weighted by Gasteiger charge is 2.41. The van der Waals surface area contributed by atoms with Crippen LogP contribution in [0.1, 0.15) is 16.1 Å². The maximum absolute atomic E-state index is 14.1. The van der Waals surface area contributed by atoms with Crippen LogP contribution in [0.5, 0.6) is 0 Å². The van der Waals surface area contributed by atoms with Gasteiger partial charge in [0.15, 0.2) is 5.69 Å². The number of nitrogens with zero attached hydrogens (tertiary/aromatic N) is 4. The highest BCUT2D eigenvalue weighted by Crippen LogP contribution is 2.35. The van der Waals surface area contributed by atoms with Crippen molar-refractivity contribution in [1.82, 2.24) is 24.4 Å². The van der Waals surface area contributed by atoms with Gasteiger partial charge in [0.05, 0.1) is 34.8 Å². The quantitative estimate of drug-likeness (QED) is 0.450. The summed E-state index contributed by atoms with van der Waals surface area (Å²) in [7, 11) is 0. The molecule has 11 heteroatoms. The zero-order chi connectivity index (χ0) is 22.5. The highest BCUT2D eigenvalue weighted by atomic mass is 19.4. The molecule has 0 bridgehead atoms. The Labute approximate surface area is 176 Å². The van der Waals surface area contributed by atoms with Gasteiger partial charge >= 0.3 is 6.18 Å². The molecular weight excluding hydrogens is 425 g/mol. The lowest BCUT2D eigenvalue weighted by molar-refractivity contribution is -0.143. The molecule has 160 valence electrons. The molecule has 5 rings (SSSR count). The molecule has 0 aliphatic rings. The number of pyridine rings is 2. The van der Waals surface area contributed by atoms with Crippen LogP contribution in [0.25, 0.3) is 22.0 Å². The van der Waals surface area contributed by atoms with Gasteiger partial charge in [0.25, 0.3) is 11.5 Å². The molecule has 0 unspecified atom stereocenters. The molecule has 0 fully saturated rings. The van der Waals surface area contributed by atoms with Gasteiger partial charge < -0.3 is 10.3 Å². The van der Waals surface area contributed by atoms with E-state index in [9.17, 15) is 22.8 Å². The number of hydrogen-bond acceptors (Lipinski definition) is 4. The molecule has 0 saturated heterocycles. The number of halogens is 3. The van der Waals surface area contributed by atoms with E-state index in [1.165, 1.54) is 41.2 Å². The first kappa shape index (κ1) is 19.5. The minimum Gasteiger partial charge on any atom is -0.329 e. The van der Waals surface area contributed by atoms with Crippen molar-refractivity contribution in [1.29, 1.82) is 0 Å². The molecule has 0 saturated carbocycles. The van der Waals surface area contributed by atoms with E-state index < -0.39 is 28.9 Å². The molecule has 32 heavy (non-hydrogen) atoms. The maximum atomic E-state index is 14.1. The van der Waals surface area contributed by atoms with Crippen LogP contribution < -0.4 is 10.9 Å². The molecule has 4 aromatic heterocycles. The highest BCUT2D eigenvalue weighted by molar-refractivity contribution is 6.05. The summed E-state index contributed by atoms with van der Waals surface area (Å²) in [5.74, 6) is -0.979. The molecule has 0 aliphatic heterocycles. The molecule has 4 heterocycles. The molecule has 0 aliphatic carbocycles. The van der Waals surface area contributed by atoms with Crippen molar-refractivity contribution < 1.29 is 18.0 Å². The number of hydrogen-bond donors (Lipinski definition) is 2. The number of rotatable bonds is 3. The summed E-state index contributed by atoms with van der Waals surface area (Å²) in [6.07, 6.45) is 0.350. The average molecular weight is 438 g/mol. The van der Waals surface area contributed by atoms with E-state index in [1.54, 1.807) is 24.4 Å². The fourth-order valence-corrected chi connectivity index (χ4v) is 3.55. The summed E-state index contributed by atoms with van der Waals surface area (Å²) in [5, 5.41) is 10.8. The lowest BCUT2D eigenvalue weighted by atomic mass is 10.1. The number of nitrogens with one attached hydrogen (secondary N) is 2. The summed E-state index contributed by atoms with van der Waals surface area (Å²) in [6, 6.07) is 10.8. The fraction of sp³-hybridized carbons (Fsp3) is 0.0476. The van der Waals surface area contributed by atoms with Crippen molar-refractivity contribution in [3.63, 3.8) is 0 Å². The predicted octanol–water partition coefficient (Wildman–Crippen LogP) is 3.63.